The number of aromatic nitrogens is 5. The van der Waals surface area contributed by atoms with Gasteiger partial charge in [0.05, 0.1) is 18.3 Å². The molecule has 0 saturated heterocycles. The molecule has 1 aromatic carbocycles. The molecule has 0 aliphatic carbocycles. The number of hydrogen-bond donors (Lipinski definition) is 2. The minimum Gasteiger partial charge on any atom is -0.480 e. The summed E-state index contributed by atoms with van der Waals surface area (Å²) >= 11 is 0. The maximum atomic E-state index is 10.6. The summed E-state index contributed by atoms with van der Waals surface area (Å²) in [5.41, 5.74) is 1.47. The highest BCUT2D eigenvalue weighted by Crippen LogP contribution is 2.12. The number of hydrogen-bond acceptors (Lipinski definition) is 6. The highest BCUT2D eigenvalue weighted by molar-refractivity contribution is 5.78. The van der Waals surface area contributed by atoms with Crippen LogP contribution in [0.2, 0.25) is 0 Å². The number of carboxylic acids is 1. The van der Waals surface area contributed by atoms with Crippen LogP contribution in [0.1, 0.15) is 5.69 Å². The number of nitrogens with zero attached hydrogens (tertiary/aromatic N) is 5. The number of fused-ring (bicyclic) bond motifs is 1. The van der Waals surface area contributed by atoms with Crippen molar-refractivity contribution in [3.05, 3.63) is 42.4 Å². The topological polar surface area (TPSA) is 106 Å². The summed E-state index contributed by atoms with van der Waals surface area (Å²) < 4.78 is 1.26. The molecule has 0 fully saturated rings. The van der Waals surface area contributed by atoms with Gasteiger partial charge in [-0.1, -0.05) is 23.4 Å². The molecule has 0 unspecified atom stereocenters. The van der Waals surface area contributed by atoms with Crippen molar-refractivity contribution in [2.24, 2.45) is 0 Å². The molecule has 0 radical (unpaired) electrons. The Morgan fingerprint density at radius 3 is 3.05 bits per heavy atom. The lowest BCUT2D eigenvalue weighted by Gasteiger charge is -2.03. The van der Waals surface area contributed by atoms with Crippen molar-refractivity contribution < 1.29 is 9.90 Å². The zero-order chi connectivity index (χ0) is 14.7. The van der Waals surface area contributed by atoms with Gasteiger partial charge in [-0.05, 0) is 6.07 Å². The zero-order valence-corrected chi connectivity index (χ0v) is 11.0. The Hall–Kier alpha value is -3.03. The van der Waals surface area contributed by atoms with E-state index in [1.165, 1.54) is 4.68 Å². The van der Waals surface area contributed by atoms with Gasteiger partial charge < -0.3 is 10.4 Å². The van der Waals surface area contributed by atoms with Gasteiger partial charge in [0.1, 0.15) is 12.2 Å². The van der Waals surface area contributed by atoms with E-state index < -0.39 is 5.97 Å². The SMILES string of the molecule is O=C(O)Cn1cc(CNc2ncc3ccccc3n2)nn1. The molecule has 2 heterocycles. The van der Waals surface area contributed by atoms with Crippen molar-refractivity contribution in [2.75, 3.05) is 5.32 Å². The van der Waals surface area contributed by atoms with Gasteiger partial charge >= 0.3 is 5.97 Å². The third-order valence-corrected chi connectivity index (χ3v) is 2.80. The monoisotopic (exact) mass is 284 g/mol. The summed E-state index contributed by atoms with van der Waals surface area (Å²) in [5, 5.41) is 20.3. The standard InChI is InChI=1S/C13H12N6O2/c20-12(21)8-19-7-10(17-18-19)6-15-13-14-5-9-3-1-2-4-11(9)16-13/h1-5,7H,6,8H2,(H,20,21)(H,14,15,16). The number of rotatable bonds is 5. The average molecular weight is 284 g/mol. The second-order valence-electron chi connectivity index (χ2n) is 4.41. The van der Waals surface area contributed by atoms with Crippen molar-refractivity contribution in [3.63, 3.8) is 0 Å². The van der Waals surface area contributed by atoms with Crippen molar-refractivity contribution >= 4 is 22.8 Å². The summed E-state index contributed by atoms with van der Waals surface area (Å²) in [6, 6.07) is 7.69. The Bertz CT molecular complexity index is 785. The van der Waals surface area contributed by atoms with Crippen molar-refractivity contribution in [3.8, 4) is 0 Å². The van der Waals surface area contributed by atoms with Gasteiger partial charge in [-0.15, -0.1) is 5.10 Å². The predicted octanol–water partition coefficient (Wildman–Crippen LogP) is 0.918. The first-order valence-corrected chi connectivity index (χ1v) is 6.27. The maximum absolute atomic E-state index is 10.6. The molecule has 0 saturated carbocycles. The van der Waals surface area contributed by atoms with E-state index in [0.717, 1.165) is 10.9 Å². The minimum atomic E-state index is -0.961. The summed E-state index contributed by atoms with van der Waals surface area (Å²) in [7, 11) is 0. The fraction of sp³-hybridized carbons (Fsp3) is 0.154. The summed E-state index contributed by atoms with van der Waals surface area (Å²) in [4.78, 5) is 19.1. The first kappa shape index (κ1) is 13.0. The molecule has 0 atom stereocenters. The first-order chi connectivity index (χ1) is 10.2. The van der Waals surface area contributed by atoms with Gasteiger partial charge in [-0.25, -0.2) is 14.6 Å². The molecule has 106 valence electrons. The van der Waals surface area contributed by atoms with Crippen LogP contribution in [0.5, 0.6) is 0 Å². The number of carboxylic acid groups (broad SMARTS) is 1. The first-order valence-electron chi connectivity index (χ1n) is 6.27. The Balaban J connectivity index is 1.68. The number of para-hydroxylation sites is 1. The predicted molar refractivity (Wildman–Crippen MR) is 74.5 cm³/mol. The van der Waals surface area contributed by atoms with E-state index in [4.69, 9.17) is 5.11 Å². The molecular formula is C13H12N6O2. The average Bonchev–Trinajstić information content (AvgIpc) is 2.91. The van der Waals surface area contributed by atoms with E-state index in [1.54, 1.807) is 12.4 Å². The zero-order valence-electron chi connectivity index (χ0n) is 11.0. The smallest absolute Gasteiger partial charge is 0.325 e. The quantitative estimate of drug-likeness (QED) is 0.717. The molecule has 0 spiro atoms. The summed E-state index contributed by atoms with van der Waals surface area (Å²) in [6.45, 7) is 0.164. The Morgan fingerprint density at radius 2 is 2.19 bits per heavy atom. The van der Waals surface area contributed by atoms with E-state index in [9.17, 15) is 4.79 Å². The van der Waals surface area contributed by atoms with E-state index in [-0.39, 0.29) is 6.54 Å². The second kappa shape index (κ2) is 5.53. The van der Waals surface area contributed by atoms with Gasteiger partial charge in [0.25, 0.3) is 0 Å². The van der Waals surface area contributed by atoms with Crippen LogP contribution in [0.3, 0.4) is 0 Å². The normalized spacial score (nSPS) is 10.7. The molecule has 0 bridgehead atoms. The van der Waals surface area contributed by atoms with Crippen LogP contribution in [-0.4, -0.2) is 36.0 Å². The van der Waals surface area contributed by atoms with Crippen molar-refractivity contribution in [1.29, 1.82) is 0 Å². The van der Waals surface area contributed by atoms with Crippen LogP contribution in [0.25, 0.3) is 10.9 Å². The number of carbonyl (C=O) groups is 1. The molecule has 2 N–H and O–H groups in total. The molecule has 8 heteroatoms. The molecule has 0 aliphatic heterocycles. The Labute approximate surface area is 119 Å². The van der Waals surface area contributed by atoms with Gasteiger partial charge in [-0.3, -0.25) is 4.79 Å². The third-order valence-electron chi connectivity index (χ3n) is 2.80. The fourth-order valence-corrected chi connectivity index (χ4v) is 1.86. The van der Waals surface area contributed by atoms with Gasteiger partial charge in [-0.2, -0.15) is 0 Å². The van der Waals surface area contributed by atoms with Crippen LogP contribution < -0.4 is 5.32 Å². The lowest BCUT2D eigenvalue weighted by atomic mass is 10.2. The number of nitrogens with one attached hydrogen (secondary N) is 1. The van der Waals surface area contributed by atoms with Gasteiger partial charge in [0.15, 0.2) is 0 Å². The molecule has 2 aromatic heterocycles. The van der Waals surface area contributed by atoms with Crippen LogP contribution in [0.15, 0.2) is 36.7 Å². The summed E-state index contributed by atoms with van der Waals surface area (Å²) in [6.07, 6.45) is 3.31. The van der Waals surface area contributed by atoms with Gasteiger partial charge in [0.2, 0.25) is 5.95 Å². The molecule has 8 nitrogen and oxygen atoms in total. The number of aliphatic carboxylic acids is 1. The van der Waals surface area contributed by atoms with E-state index in [2.05, 4.69) is 25.6 Å². The van der Waals surface area contributed by atoms with Crippen LogP contribution >= 0.6 is 0 Å². The molecule has 3 aromatic rings. The van der Waals surface area contributed by atoms with Crippen LogP contribution in [0, 0.1) is 0 Å². The van der Waals surface area contributed by atoms with E-state index in [1.807, 2.05) is 24.3 Å². The molecular weight excluding hydrogens is 272 g/mol. The minimum absolute atomic E-state index is 0.209. The van der Waals surface area contributed by atoms with E-state index >= 15 is 0 Å². The number of benzene rings is 1. The van der Waals surface area contributed by atoms with Crippen LogP contribution in [0.4, 0.5) is 5.95 Å². The van der Waals surface area contributed by atoms with Crippen molar-refractivity contribution in [2.45, 2.75) is 13.1 Å². The summed E-state index contributed by atoms with van der Waals surface area (Å²) in [5.74, 6) is -0.473. The van der Waals surface area contributed by atoms with E-state index in [0.29, 0.717) is 18.2 Å². The lowest BCUT2D eigenvalue weighted by Crippen LogP contribution is -2.09. The lowest BCUT2D eigenvalue weighted by molar-refractivity contribution is -0.137. The van der Waals surface area contributed by atoms with Crippen molar-refractivity contribution in [1.82, 2.24) is 25.0 Å². The highest BCUT2D eigenvalue weighted by atomic mass is 16.4. The largest absolute Gasteiger partial charge is 0.480 e. The third kappa shape index (κ3) is 3.11. The Morgan fingerprint density at radius 1 is 1.33 bits per heavy atom. The Kier molecular flexibility index (Phi) is 3.42. The fourth-order valence-electron chi connectivity index (χ4n) is 1.86. The highest BCUT2D eigenvalue weighted by Gasteiger charge is 2.05. The molecule has 0 aliphatic rings. The second-order valence-corrected chi connectivity index (χ2v) is 4.41. The molecule has 0 amide bonds. The maximum Gasteiger partial charge on any atom is 0.325 e. The van der Waals surface area contributed by atoms with Crippen LogP contribution in [-0.2, 0) is 17.9 Å². The van der Waals surface area contributed by atoms with Gasteiger partial charge in [0, 0.05) is 11.6 Å². The molecule has 3 rings (SSSR count). The molecule has 21 heavy (non-hydrogen) atoms. The number of anilines is 1.